The van der Waals surface area contributed by atoms with E-state index in [9.17, 15) is 0 Å². The van der Waals surface area contributed by atoms with Crippen molar-refractivity contribution in [2.45, 2.75) is 0 Å². The molecule has 1 heterocycles. The molecule has 2 rings (SSSR count). The summed E-state index contributed by atoms with van der Waals surface area (Å²) in [6, 6.07) is 12.9. The van der Waals surface area contributed by atoms with Gasteiger partial charge in [0.05, 0.1) is 18.4 Å². The van der Waals surface area contributed by atoms with Gasteiger partial charge in [-0.25, -0.2) is 4.98 Å². The summed E-state index contributed by atoms with van der Waals surface area (Å²) in [5, 5.41) is 8.99. The number of methoxy groups -OCH3 is 1. The van der Waals surface area contributed by atoms with Crippen molar-refractivity contribution in [3.8, 4) is 23.1 Å². The molecule has 0 atom stereocenters. The molecule has 0 radical (unpaired) electrons. The number of benzene rings is 1. The topological polar surface area (TPSA) is 45.9 Å². The summed E-state index contributed by atoms with van der Waals surface area (Å²) in [4.78, 5) is 4.19. The van der Waals surface area contributed by atoms with E-state index in [0.717, 1.165) is 11.3 Å². The molecule has 0 aliphatic rings. The molecule has 1 aromatic carbocycles. The molecule has 4 heteroatoms. The number of hydrogen-bond acceptors (Lipinski definition) is 3. The van der Waals surface area contributed by atoms with E-state index in [-0.39, 0.29) is 5.15 Å². The van der Waals surface area contributed by atoms with Crippen molar-refractivity contribution >= 4 is 11.6 Å². The average Bonchev–Trinajstić information content (AvgIpc) is 2.38. The fourth-order valence-electron chi connectivity index (χ4n) is 1.52. The third-order valence-corrected chi connectivity index (χ3v) is 2.64. The van der Waals surface area contributed by atoms with Crippen LogP contribution in [0, 0.1) is 11.3 Å². The number of aromatic nitrogens is 1. The summed E-state index contributed by atoms with van der Waals surface area (Å²) < 4.78 is 5.25. The number of nitrogens with zero attached hydrogens (tertiary/aromatic N) is 2. The molecule has 0 amide bonds. The molecule has 0 saturated heterocycles. The number of pyridine rings is 1. The molecule has 0 unspecified atom stereocenters. The Morgan fingerprint density at radius 1 is 1.24 bits per heavy atom. The van der Waals surface area contributed by atoms with Crippen molar-refractivity contribution in [2.75, 3.05) is 7.11 Å². The van der Waals surface area contributed by atoms with E-state index in [1.807, 2.05) is 30.3 Å². The van der Waals surface area contributed by atoms with E-state index in [0.29, 0.717) is 11.3 Å². The lowest BCUT2D eigenvalue weighted by molar-refractivity contribution is 0.416. The van der Waals surface area contributed by atoms with Gasteiger partial charge in [-0.3, -0.25) is 0 Å². The highest BCUT2D eigenvalue weighted by Crippen LogP contribution is 2.29. The highest BCUT2D eigenvalue weighted by molar-refractivity contribution is 6.30. The zero-order valence-corrected chi connectivity index (χ0v) is 9.90. The molecule has 84 valence electrons. The van der Waals surface area contributed by atoms with E-state index < -0.39 is 0 Å². The van der Waals surface area contributed by atoms with Gasteiger partial charge in [0.2, 0.25) is 0 Å². The maximum Gasteiger partial charge on any atom is 0.147 e. The number of hydrogen-bond donors (Lipinski definition) is 0. The number of halogens is 1. The van der Waals surface area contributed by atoms with E-state index in [4.69, 9.17) is 21.6 Å². The second kappa shape index (κ2) is 4.86. The lowest BCUT2D eigenvalue weighted by Gasteiger charge is -2.07. The molecule has 2 aromatic rings. The normalized spacial score (nSPS) is 9.71. The minimum absolute atomic E-state index is 0.205. The summed E-state index contributed by atoms with van der Waals surface area (Å²) in [7, 11) is 1.60. The molecular formula is C13H9ClN2O. The van der Waals surface area contributed by atoms with E-state index in [1.165, 1.54) is 0 Å². The third kappa shape index (κ3) is 2.22. The first kappa shape index (κ1) is 11.4. The average molecular weight is 245 g/mol. The summed E-state index contributed by atoms with van der Waals surface area (Å²) in [6.07, 6.45) is 0. The molecule has 0 N–H and O–H groups in total. The number of nitriles is 1. The van der Waals surface area contributed by atoms with Crippen LogP contribution in [-0.4, -0.2) is 12.1 Å². The zero-order valence-electron chi connectivity index (χ0n) is 9.14. The largest absolute Gasteiger partial charge is 0.496 e. The van der Waals surface area contributed by atoms with Gasteiger partial charge in [0.15, 0.2) is 0 Å². The van der Waals surface area contributed by atoms with Crippen LogP contribution < -0.4 is 4.74 Å². The SMILES string of the molecule is COc1ccccc1-c1ccc(C#N)c(Cl)n1. The predicted octanol–water partition coefficient (Wildman–Crippen LogP) is 3.28. The monoisotopic (exact) mass is 244 g/mol. The lowest BCUT2D eigenvalue weighted by atomic mass is 10.1. The first-order valence-electron chi connectivity index (χ1n) is 4.96. The Bertz CT molecular complexity index is 590. The van der Waals surface area contributed by atoms with E-state index in [2.05, 4.69) is 4.98 Å². The molecule has 17 heavy (non-hydrogen) atoms. The molecule has 0 spiro atoms. The van der Waals surface area contributed by atoms with Crippen LogP contribution in [0.4, 0.5) is 0 Å². The molecule has 3 nitrogen and oxygen atoms in total. The van der Waals surface area contributed by atoms with Crippen LogP contribution >= 0.6 is 11.6 Å². The summed E-state index contributed by atoms with van der Waals surface area (Å²) >= 11 is 5.90. The van der Waals surface area contributed by atoms with Gasteiger partial charge in [-0.15, -0.1) is 0 Å². The highest BCUT2D eigenvalue weighted by atomic mass is 35.5. The van der Waals surface area contributed by atoms with Crippen LogP contribution in [0.25, 0.3) is 11.3 Å². The number of para-hydroxylation sites is 1. The minimum Gasteiger partial charge on any atom is -0.496 e. The summed E-state index contributed by atoms with van der Waals surface area (Å²) in [5.41, 5.74) is 1.90. The second-order valence-corrected chi connectivity index (χ2v) is 3.70. The van der Waals surface area contributed by atoms with Crippen LogP contribution in [0.5, 0.6) is 5.75 Å². The summed E-state index contributed by atoms with van der Waals surface area (Å²) in [6.45, 7) is 0. The second-order valence-electron chi connectivity index (χ2n) is 3.35. The lowest BCUT2D eigenvalue weighted by Crippen LogP contribution is -1.91. The molecule has 0 bridgehead atoms. The standard InChI is InChI=1S/C13H9ClN2O/c1-17-12-5-3-2-4-10(12)11-7-6-9(8-15)13(14)16-11/h2-7H,1H3. The zero-order chi connectivity index (χ0) is 12.3. The minimum atomic E-state index is 0.205. The molecule has 0 fully saturated rings. The van der Waals surface area contributed by atoms with Gasteiger partial charge in [-0.05, 0) is 24.3 Å². The third-order valence-electron chi connectivity index (χ3n) is 2.35. The van der Waals surface area contributed by atoms with Gasteiger partial charge in [0, 0.05) is 5.56 Å². The Hall–Kier alpha value is -2.05. The van der Waals surface area contributed by atoms with Crippen molar-refractivity contribution in [3.05, 3.63) is 47.1 Å². The van der Waals surface area contributed by atoms with Gasteiger partial charge in [-0.2, -0.15) is 5.26 Å². The summed E-state index contributed by atoms with van der Waals surface area (Å²) in [5.74, 6) is 0.723. The maximum absolute atomic E-state index is 8.78. The van der Waals surface area contributed by atoms with Crippen molar-refractivity contribution in [1.82, 2.24) is 4.98 Å². The number of rotatable bonds is 2. The van der Waals surface area contributed by atoms with Crippen LogP contribution in [0.15, 0.2) is 36.4 Å². The fraction of sp³-hybridized carbons (Fsp3) is 0.0769. The maximum atomic E-state index is 8.78. The predicted molar refractivity (Wildman–Crippen MR) is 66.0 cm³/mol. The van der Waals surface area contributed by atoms with Gasteiger partial charge in [0.25, 0.3) is 0 Å². The molecular weight excluding hydrogens is 236 g/mol. The fourth-order valence-corrected chi connectivity index (χ4v) is 1.72. The van der Waals surface area contributed by atoms with Gasteiger partial charge in [-0.1, -0.05) is 23.7 Å². The Kier molecular flexibility index (Phi) is 3.27. The highest BCUT2D eigenvalue weighted by Gasteiger charge is 2.08. The van der Waals surface area contributed by atoms with Crippen LogP contribution in [-0.2, 0) is 0 Å². The van der Waals surface area contributed by atoms with E-state index >= 15 is 0 Å². The number of ether oxygens (including phenoxy) is 1. The Morgan fingerprint density at radius 2 is 2.00 bits per heavy atom. The quantitative estimate of drug-likeness (QED) is 0.762. The first-order valence-corrected chi connectivity index (χ1v) is 5.34. The molecule has 0 aliphatic heterocycles. The van der Waals surface area contributed by atoms with Gasteiger partial charge < -0.3 is 4.74 Å². The smallest absolute Gasteiger partial charge is 0.147 e. The van der Waals surface area contributed by atoms with Gasteiger partial charge in [0.1, 0.15) is 17.0 Å². The molecule has 0 saturated carbocycles. The van der Waals surface area contributed by atoms with Crippen molar-refractivity contribution < 1.29 is 4.74 Å². The van der Waals surface area contributed by atoms with Gasteiger partial charge >= 0.3 is 0 Å². The molecule has 0 aliphatic carbocycles. The van der Waals surface area contributed by atoms with Crippen molar-refractivity contribution in [3.63, 3.8) is 0 Å². The van der Waals surface area contributed by atoms with Crippen LogP contribution in [0.2, 0.25) is 5.15 Å². The van der Waals surface area contributed by atoms with Crippen molar-refractivity contribution in [2.24, 2.45) is 0 Å². The van der Waals surface area contributed by atoms with Crippen molar-refractivity contribution in [1.29, 1.82) is 5.26 Å². The van der Waals surface area contributed by atoms with Crippen LogP contribution in [0.3, 0.4) is 0 Å². The Morgan fingerprint density at radius 3 is 2.65 bits per heavy atom. The first-order chi connectivity index (χ1) is 8.26. The molecule has 1 aromatic heterocycles. The Labute approximate surface area is 104 Å². The van der Waals surface area contributed by atoms with Crippen LogP contribution in [0.1, 0.15) is 5.56 Å². The van der Waals surface area contributed by atoms with E-state index in [1.54, 1.807) is 19.2 Å². The Balaban J connectivity index is 2.54.